The lowest BCUT2D eigenvalue weighted by atomic mass is 10.1. The van der Waals surface area contributed by atoms with Crippen LogP contribution in [0.1, 0.15) is 25.2 Å². The third-order valence-corrected chi connectivity index (χ3v) is 2.25. The molecule has 0 fully saturated rings. The van der Waals surface area contributed by atoms with Gasteiger partial charge in [0.2, 0.25) is 0 Å². The number of aryl methyl sites for hydroxylation is 1. The van der Waals surface area contributed by atoms with E-state index < -0.39 is 5.54 Å². The van der Waals surface area contributed by atoms with Crippen LogP contribution in [0.25, 0.3) is 5.52 Å². The van der Waals surface area contributed by atoms with Crippen LogP contribution in [0.5, 0.6) is 0 Å². The van der Waals surface area contributed by atoms with E-state index in [2.05, 4.69) is 34.6 Å². The Hall–Kier alpha value is -1.35. The van der Waals surface area contributed by atoms with Crippen LogP contribution in [0.15, 0.2) is 24.5 Å². The number of hydrogen-bond acceptors (Lipinski definition) is 2. The maximum absolute atomic E-state index is 6.03. The Morgan fingerprint density at radius 2 is 2.07 bits per heavy atom. The molecule has 0 spiro atoms. The second-order valence-electron chi connectivity index (χ2n) is 4.30. The van der Waals surface area contributed by atoms with Crippen LogP contribution in [0.2, 0.25) is 0 Å². The minimum Gasteiger partial charge on any atom is -0.319 e. The SMILES string of the molecule is Cc1ccc2cnc(C(C)(C)N)n2c1. The van der Waals surface area contributed by atoms with E-state index in [9.17, 15) is 0 Å². The fraction of sp³-hybridized carbons (Fsp3) is 0.364. The standard InChI is InChI=1S/C11H15N3/c1-8-4-5-9-6-13-10(11(2,3)12)14(9)7-8/h4-7H,12H2,1-3H3. The van der Waals surface area contributed by atoms with Gasteiger partial charge in [-0.1, -0.05) is 6.07 Å². The minimum absolute atomic E-state index is 0.403. The first kappa shape index (κ1) is 9.21. The molecule has 0 radical (unpaired) electrons. The van der Waals surface area contributed by atoms with Crippen LogP contribution >= 0.6 is 0 Å². The predicted molar refractivity (Wildman–Crippen MR) is 57.1 cm³/mol. The molecule has 2 N–H and O–H groups in total. The third kappa shape index (κ3) is 1.40. The van der Waals surface area contributed by atoms with Gasteiger partial charge in [0.15, 0.2) is 0 Å². The van der Waals surface area contributed by atoms with Crippen LogP contribution in [-0.4, -0.2) is 9.38 Å². The van der Waals surface area contributed by atoms with Crippen LogP contribution in [0.4, 0.5) is 0 Å². The van der Waals surface area contributed by atoms with Gasteiger partial charge in [0.25, 0.3) is 0 Å². The number of imidazole rings is 1. The summed E-state index contributed by atoms with van der Waals surface area (Å²) in [4.78, 5) is 4.35. The molecule has 3 nitrogen and oxygen atoms in total. The van der Waals surface area contributed by atoms with E-state index in [4.69, 9.17) is 5.73 Å². The van der Waals surface area contributed by atoms with Gasteiger partial charge >= 0.3 is 0 Å². The lowest BCUT2D eigenvalue weighted by molar-refractivity contribution is 0.511. The van der Waals surface area contributed by atoms with Gasteiger partial charge in [-0.3, -0.25) is 0 Å². The molecule has 0 aliphatic carbocycles. The van der Waals surface area contributed by atoms with E-state index in [1.165, 1.54) is 5.56 Å². The van der Waals surface area contributed by atoms with Crippen molar-refractivity contribution in [3.63, 3.8) is 0 Å². The Labute approximate surface area is 83.6 Å². The van der Waals surface area contributed by atoms with E-state index in [0.717, 1.165) is 11.3 Å². The van der Waals surface area contributed by atoms with Gasteiger partial charge in [-0.05, 0) is 32.4 Å². The molecule has 0 aromatic carbocycles. The minimum atomic E-state index is -0.403. The smallest absolute Gasteiger partial charge is 0.132 e. The monoisotopic (exact) mass is 189 g/mol. The summed E-state index contributed by atoms with van der Waals surface area (Å²) >= 11 is 0. The quantitative estimate of drug-likeness (QED) is 0.743. The van der Waals surface area contributed by atoms with Crippen molar-refractivity contribution in [2.45, 2.75) is 26.3 Å². The second kappa shape index (κ2) is 2.82. The number of nitrogens with zero attached hydrogens (tertiary/aromatic N) is 2. The fourth-order valence-electron chi connectivity index (χ4n) is 1.57. The molecule has 2 aromatic heterocycles. The molecule has 2 heterocycles. The van der Waals surface area contributed by atoms with Gasteiger partial charge in [-0.15, -0.1) is 0 Å². The number of rotatable bonds is 1. The molecule has 0 saturated heterocycles. The summed E-state index contributed by atoms with van der Waals surface area (Å²) in [5.74, 6) is 0.899. The third-order valence-electron chi connectivity index (χ3n) is 2.25. The molecule has 0 bridgehead atoms. The van der Waals surface area contributed by atoms with Crippen molar-refractivity contribution in [2.75, 3.05) is 0 Å². The van der Waals surface area contributed by atoms with Crippen molar-refractivity contribution < 1.29 is 0 Å². The average Bonchev–Trinajstić information content (AvgIpc) is 2.45. The molecule has 0 aliphatic heterocycles. The topological polar surface area (TPSA) is 43.3 Å². The van der Waals surface area contributed by atoms with Crippen molar-refractivity contribution in [1.29, 1.82) is 0 Å². The van der Waals surface area contributed by atoms with Gasteiger partial charge < -0.3 is 10.1 Å². The summed E-state index contributed by atoms with van der Waals surface area (Å²) in [7, 11) is 0. The molecule has 0 amide bonds. The Balaban J connectivity index is 2.73. The Morgan fingerprint density at radius 3 is 2.71 bits per heavy atom. The highest BCUT2D eigenvalue weighted by Gasteiger charge is 2.19. The van der Waals surface area contributed by atoms with Crippen LogP contribution in [0, 0.1) is 6.92 Å². The summed E-state index contributed by atoms with van der Waals surface area (Å²) in [5, 5.41) is 0. The van der Waals surface area contributed by atoms with Gasteiger partial charge in [0.1, 0.15) is 5.82 Å². The lowest BCUT2D eigenvalue weighted by Gasteiger charge is -2.17. The van der Waals surface area contributed by atoms with Crippen molar-refractivity contribution in [1.82, 2.24) is 9.38 Å². The summed E-state index contributed by atoms with van der Waals surface area (Å²) in [6.07, 6.45) is 3.91. The second-order valence-corrected chi connectivity index (χ2v) is 4.30. The summed E-state index contributed by atoms with van der Waals surface area (Å²) in [6, 6.07) is 4.13. The highest BCUT2D eigenvalue weighted by Crippen LogP contribution is 2.17. The Bertz CT molecular complexity index is 463. The molecular formula is C11H15N3. The molecule has 2 aromatic rings. The Kier molecular flexibility index (Phi) is 1.86. The Morgan fingerprint density at radius 1 is 1.36 bits per heavy atom. The van der Waals surface area contributed by atoms with E-state index in [1.54, 1.807) is 0 Å². The summed E-state index contributed by atoms with van der Waals surface area (Å²) < 4.78 is 2.05. The molecular weight excluding hydrogens is 174 g/mol. The maximum Gasteiger partial charge on any atom is 0.132 e. The van der Waals surface area contributed by atoms with E-state index in [1.807, 2.05) is 20.0 Å². The fourth-order valence-corrected chi connectivity index (χ4v) is 1.57. The first-order valence-corrected chi connectivity index (χ1v) is 4.71. The number of hydrogen-bond donors (Lipinski definition) is 1. The maximum atomic E-state index is 6.03. The highest BCUT2D eigenvalue weighted by atomic mass is 15.1. The average molecular weight is 189 g/mol. The largest absolute Gasteiger partial charge is 0.319 e. The number of aromatic nitrogens is 2. The van der Waals surface area contributed by atoms with Gasteiger partial charge in [0.05, 0.1) is 17.3 Å². The van der Waals surface area contributed by atoms with Crippen molar-refractivity contribution in [2.24, 2.45) is 5.73 Å². The van der Waals surface area contributed by atoms with Crippen LogP contribution in [0.3, 0.4) is 0 Å². The van der Waals surface area contributed by atoms with E-state index in [-0.39, 0.29) is 0 Å². The number of nitrogens with two attached hydrogens (primary N) is 1. The van der Waals surface area contributed by atoms with Gasteiger partial charge in [-0.2, -0.15) is 0 Å². The van der Waals surface area contributed by atoms with Gasteiger partial charge in [-0.25, -0.2) is 4.98 Å². The predicted octanol–water partition coefficient (Wildman–Crippen LogP) is 1.84. The number of pyridine rings is 1. The molecule has 74 valence electrons. The zero-order chi connectivity index (χ0) is 10.3. The molecule has 0 saturated carbocycles. The van der Waals surface area contributed by atoms with E-state index >= 15 is 0 Å². The van der Waals surface area contributed by atoms with Crippen LogP contribution in [-0.2, 0) is 5.54 Å². The normalized spacial score (nSPS) is 12.3. The van der Waals surface area contributed by atoms with Gasteiger partial charge in [0, 0.05) is 6.20 Å². The zero-order valence-corrected chi connectivity index (χ0v) is 8.78. The molecule has 0 unspecified atom stereocenters. The first-order chi connectivity index (χ1) is 6.48. The van der Waals surface area contributed by atoms with Crippen molar-refractivity contribution >= 4 is 5.52 Å². The molecule has 3 heteroatoms. The molecule has 0 aliphatic rings. The molecule has 14 heavy (non-hydrogen) atoms. The summed E-state index contributed by atoms with van der Waals surface area (Å²) in [5.41, 5.74) is 7.93. The lowest BCUT2D eigenvalue weighted by Crippen LogP contribution is -2.31. The highest BCUT2D eigenvalue weighted by molar-refractivity contribution is 5.47. The van der Waals surface area contributed by atoms with Crippen molar-refractivity contribution in [3.8, 4) is 0 Å². The zero-order valence-electron chi connectivity index (χ0n) is 8.78. The molecule has 2 rings (SSSR count). The van der Waals surface area contributed by atoms with E-state index in [0.29, 0.717) is 0 Å². The van der Waals surface area contributed by atoms with Crippen LogP contribution < -0.4 is 5.73 Å². The van der Waals surface area contributed by atoms with Crippen molar-refractivity contribution in [3.05, 3.63) is 35.9 Å². The summed E-state index contributed by atoms with van der Waals surface area (Å²) in [6.45, 7) is 5.99. The first-order valence-electron chi connectivity index (χ1n) is 4.71. The molecule has 0 atom stereocenters. The number of fused-ring (bicyclic) bond motifs is 1.